The molecule has 10 heavy (non-hydrogen) atoms. The standard InChI is InChI=1S/3C2H4.H2NO2P/c3*1-2;1-4(2)3/h3*1-2H2;(H2,1,2,3). The SMILES string of the molecule is C=C.C=C.C=C.N[P+](=O)[O-]. The van der Waals surface area contributed by atoms with E-state index in [2.05, 4.69) is 45.0 Å². The number of nitrogens with two attached hydrogens (primary N) is 1. The second-order valence-corrected chi connectivity index (χ2v) is 0.856. The van der Waals surface area contributed by atoms with E-state index in [1.165, 1.54) is 0 Å². The molecule has 0 saturated heterocycles. The Morgan fingerprint density at radius 1 is 1.00 bits per heavy atom. The summed E-state index contributed by atoms with van der Waals surface area (Å²) in [6.07, 6.45) is 0. The molecule has 0 aliphatic heterocycles. The molecule has 0 aromatic rings. The van der Waals surface area contributed by atoms with Gasteiger partial charge >= 0.3 is 8.18 Å². The molecule has 0 amide bonds. The Morgan fingerprint density at radius 3 is 1.00 bits per heavy atom. The molecule has 60 valence electrons. The summed E-state index contributed by atoms with van der Waals surface area (Å²) >= 11 is 0. The number of hydrogen-bond acceptors (Lipinski definition) is 2. The van der Waals surface area contributed by atoms with Crippen molar-refractivity contribution in [3.05, 3.63) is 39.5 Å². The zero-order valence-electron chi connectivity index (χ0n) is 6.08. The van der Waals surface area contributed by atoms with Gasteiger partial charge in [0.15, 0.2) is 0 Å². The van der Waals surface area contributed by atoms with E-state index in [4.69, 9.17) is 9.46 Å². The molecule has 0 aromatic heterocycles. The smallest absolute Gasteiger partial charge is 0.405 e. The highest BCUT2D eigenvalue weighted by molar-refractivity contribution is 7.33. The van der Waals surface area contributed by atoms with Crippen LogP contribution in [0.4, 0.5) is 0 Å². The van der Waals surface area contributed by atoms with Crippen LogP contribution in [0.5, 0.6) is 0 Å². The minimum absolute atomic E-state index is 2.62. The van der Waals surface area contributed by atoms with Crippen molar-refractivity contribution in [2.75, 3.05) is 0 Å². The third-order valence-electron chi connectivity index (χ3n) is 0. The summed E-state index contributed by atoms with van der Waals surface area (Å²) in [6, 6.07) is 0. The van der Waals surface area contributed by atoms with E-state index in [-0.39, 0.29) is 0 Å². The van der Waals surface area contributed by atoms with Crippen LogP contribution in [0, 0.1) is 0 Å². The maximum absolute atomic E-state index is 8.81. The minimum atomic E-state index is -2.62. The highest BCUT2D eigenvalue weighted by Gasteiger charge is 1.69. The van der Waals surface area contributed by atoms with Gasteiger partial charge in [0.05, 0.1) is 0 Å². The van der Waals surface area contributed by atoms with Crippen molar-refractivity contribution in [1.29, 1.82) is 0 Å². The zero-order chi connectivity index (χ0) is 9.58. The van der Waals surface area contributed by atoms with E-state index in [9.17, 15) is 0 Å². The fraction of sp³-hybridized carbons (Fsp3) is 0. The summed E-state index contributed by atoms with van der Waals surface area (Å²) in [5, 5.41) is 0. The highest BCUT2D eigenvalue weighted by Crippen LogP contribution is 1.81. The first-order valence-electron chi connectivity index (χ1n) is 2.12. The van der Waals surface area contributed by atoms with Gasteiger partial charge in [0.1, 0.15) is 0 Å². The van der Waals surface area contributed by atoms with Gasteiger partial charge < -0.3 is 4.89 Å². The summed E-state index contributed by atoms with van der Waals surface area (Å²) in [7, 11) is -2.62. The van der Waals surface area contributed by atoms with E-state index in [0.717, 1.165) is 0 Å². The van der Waals surface area contributed by atoms with Gasteiger partial charge in [0.25, 0.3) is 0 Å². The van der Waals surface area contributed by atoms with E-state index in [0.29, 0.717) is 0 Å². The Morgan fingerprint density at radius 2 is 1.00 bits per heavy atom. The lowest BCUT2D eigenvalue weighted by atomic mass is 11.3. The Balaban J connectivity index is -0.0000000262. The van der Waals surface area contributed by atoms with Gasteiger partial charge in [-0.3, -0.25) is 0 Å². The first-order chi connectivity index (χ1) is 4.73. The molecule has 1 unspecified atom stereocenters. The maximum atomic E-state index is 8.81. The van der Waals surface area contributed by atoms with Crippen LogP contribution in [0.25, 0.3) is 0 Å². The molecule has 0 aromatic carbocycles. The number of rotatable bonds is 0. The Kier molecular flexibility index (Phi) is 197. The lowest BCUT2D eigenvalue weighted by Crippen LogP contribution is -1.91. The van der Waals surface area contributed by atoms with Gasteiger partial charge in [0, 0.05) is 0 Å². The molecule has 0 rings (SSSR count). The fourth-order valence-corrected chi connectivity index (χ4v) is 0. The zero-order valence-corrected chi connectivity index (χ0v) is 6.98. The van der Waals surface area contributed by atoms with Gasteiger partial charge in [-0.1, -0.05) is 4.57 Å². The molecule has 3 nitrogen and oxygen atoms in total. The quantitative estimate of drug-likeness (QED) is 0.433. The predicted octanol–water partition coefficient (Wildman–Crippen LogP) is 1.37. The second-order valence-electron chi connectivity index (χ2n) is 0.285. The van der Waals surface area contributed by atoms with Crippen LogP contribution in [0.15, 0.2) is 39.5 Å². The normalized spacial score (nSPS) is 5.60. The first-order valence-corrected chi connectivity index (χ1v) is 3.37. The Labute approximate surface area is 63.5 Å². The van der Waals surface area contributed by atoms with Gasteiger partial charge in [-0.15, -0.1) is 45.0 Å². The summed E-state index contributed by atoms with van der Waals surface area (Å²) in [6.45, 7) is 18.0. The average molecular weight is 163 g/mol. The first kappa shape index (κ1) is 22.8. The molecular formula is C6H14NO2P. The fourth-order valence-electron chi connectivity index (χ4n) is 0. The molecule has 2 N–H and O–H groups in total. The highest BCUT2D eigenvalue weighted by atomic mass is 31.1. The summed E-state index contributed by atoms with van der Waals surface area (Å²) in [5.74, 6) is 0. The van der Waals surface area contributed by atoms with Crippen molar-refractivity contribution < 1.29 is 9.46 Å². The van der Waals surface area contributed by atoms with Gasteiger partial charge in [-0.25, -0.2) is 0 Å². The second kappa shape index (κ2) is 86.1. The van der Waals surface area contributed by atoms with Crippen LogP contribution in [0.3, 0.4) is 0 Å². The van der Waals surface area contributed by atoms with E-state index in [1.54, 1.807) is 0 Å². The monoisotopic (exact) mass is 163 g/mol. The lowest BCUT2D eigenvalue weighted by molar-refractivity contribution is -0.164. The van der Waals surface area contributed by atoms with Crippen molar-refractivity contribution in [3.63, 3.8) is 0 Å². The molecule has 1 atom stereocenters. The lowest BCUT2D eigenvalue weighted by Gasteiger charge is -1.59. The molecule has 0 aliphatic carbocycles. The van der Waals surface area contributed by atoms with E-state index < -0.39 is 8.18 Å². The van der Waals surface area contributed by atoms with Crippen LogP contribution in [-0.4, -0.2) is 0 Å². The van der Waals surface area contributed by atoms with Gasteiger partial charge in [-0.2, -0.15) is 0 Å². The molecule has 0 fully saturated rings. The minimum Gasteiger partial charge on any atom is -0.578 e. The van der Waals surface area contributed by atoms with Crippen LogP contribution in [0.2, 0.25) is 0 Å². The van der Waals surface area contributed by atoms with Crippen molar-refractivity contribution in [1.82, 2.24) is 0 Å². The molecule has 0 bridgehead atoms. The molecule has 0 aliphatic rings. The van der Waals surface area contributed by atoms with Crippen LogP contribution in [0.1, 0.15) is 0 Å². The third kappa shape index (κ3) is 488. The molecule has 4 heteroatoms. The molecular weight excluding hydrogens is 149 g/mol. The molecule has 0 heterocycles. The van der Waals surface area contributed by atoms with Crippen molar-refractivity contribution >= 4 is 8.18 Å². The largest absolute Gasteiger partial charge is 0.578 e. The average Bonchev–Trinajstić information content (AvgIpc) is 1.98. The summed E-state index contributed by atoms with van der Waals surface area (Å²) in [5.41, 5.74) is 4.06. The van der Waals surface area contributed by atoms with Crippen molar-refractivity contribution in [2.24, 2.45) is 5.50 Å². The molecule has 0 radical (unpaired) electrons. The molecule has 0 spiro atoms. The third-order valence-corrected chi connectivity index (χ3v) is 0. The van der Waals surface area contributed by atoms with E-state index >= 15 is 0 Å². The summed E-state index contributed by atoms with van der Waals surface area (Å²) in [4.78, 5) is 8.81. The maximum Gasteiger partial charge on any atom is 0.405 e. The van der Waals surface area contributed by atoms with Crippen molar-refractivity contribution in [3.8, 4) is 0 Å². The number of hydrogen-bond donors (Lipinski definition) is 1. The molecule has 0 saturated carbocycles. The predicted molar refractivity (Wildman–Crippen MR) is 45.6 cm³/mol. The van der Waals surface area contributed by atoms with Gasteiger partial charge in [-0.05, 0) is 0 Å². The van der Waals surface area contributed by atoms with Crippen LogP contribution in [-0.2, 0) is 4.57 Å². The Bertz CT molecular complexity index is 60.0. The van der Waals surface area contributed by atoms with Crippen LogP contribution < -0.4 is 10.4 Å². The van der Waals surface area contributed by atoms with E-state index in [1.807, 2.05) is 0 Å². The Hall–Kier alpha value is -0.760. The van der Waals surface area contributed by atoms with Gasteiger partial charge in [0.2, 0.25) is 0 Å². The summed E-state index contributed by atoms with van der Waals surface area (Å²) < 4.78 is 8.81. The van der Waals surface area contributed by atoms with Crippen LogP contribution >= 0.6 is 8.18 Å². The van der Waals surface area contributed by atoms with Crippen molar-refractivity contribution in [2.45, 2.75) is 0 Å². The topological polar surface area (TPSA) is 66.2 Å².